The van der Waals surface area contributed by atoms with Crippen molar-refractivity contribution in [3.63, 3.8) is 0 Å². The lowest BCUT2D eigenvalue weighted by atomic mass is 10.1. The molecule has 1 rings (SSSR count). The van der Waals surface area contributed by atoms with Crippen molar-refractivity contribution in [3.8, 4) is 5.75 Å². The van der Waals surface area contributed by atoms with Crippen LogP contribution in [0.4, 0.5) is 4.39 Å². The molecule has 0 radical (unpaired) electrons. The van der Waals surface area contributed by atoms with Gasteiger partial charge in [0.1, 0.15) is 11.6 Å². The first-order chi connectivity index (χ1) is 6.20. The molecule has 0 amide bonds. The molecule has 0 heterocycles. The highest BCUT2D eigenvalue weighted by molar-refractivity contribution is 5.37. The molecule has 0 bridgehead atoms. The lowest BCUT2D eigenvalue weighted by Gasteiger charge is -2.14. The summed E-state index contributed by atoms with van der Waals surface area (Å²) in [6.45, 7) is 0.192. The van der Waals surface area contributed by atoms with Gasteiger partial charge in [-0.25, -0.2) is 4.39 Å². The van der Waals surface area contributed by atoms with Gasteiger partial charge in [0.2, 0.25) is 0 Å². The van der Waals surface area contributed by atoms with Crippen molar-refractivity contribution in [3.05, 3.63) is 29.6 Å². The van der Waals surface area contributed by atoms with Crippen LogP contribution in [-0.4, -0.2) is 13.7 Å². The van der Waals surface area contributed by atoms with E-state index < -0.39 is 6.04 Å². The predicted octanol–water partition coefficient (Wildman–Crippen LogP) is 0.793. The Balaban J connectivity index is 3.14. The maximum Gasteiger partial charge on any atom is 0.131 e. The Bertz CT molecular complexity index is 291. The van der Waals surface area contributed by atoms with Crippen molar-refractivity contribution in [2.24, 2.45) is 11.5 Å². The van der Waals surface area contributed by atoms with Crippen LogP contribution in [0.1, 0.15) is 11.6 Å². The van der Waals surface area contributed by atoms with Gasteiger partial charge < -0.3 is 16.2 Å². The van der Waals surface area contributed by atoms with Crippen molar-refractivity contribution < 1.29 is 9.13 Å². The van der Waals surface area contributed by atoms with Crippen molar-refractivity contribution >= 4 is 0 Å². The topological polar surface area (TPSA) is 61.3 Å². The molecule has 0 spiro atoms. The quantitative estimate of drug-likeness (QED) is 0.730. The summed E-state index contributed by atoms with van der Waals surface area (Å²) in [5.74, 6) is 0.0650. The van der Waals surface area contributed by atoms with Gasteiger partial charge in [0.05, 0.1) is 7.11 Å². The van der Waals surface area contributed by atoms with E-state index in [4.69, 9.17) is 16.2 Å². The lowest BCUT2D eigenvalue weighted by Crippen LogP contribution is -2.22. The summed E-state index contributed by atoms with van der Waals surface area (Å²) in [4.78, 5) is 0. The molecular formula is C9H13FN2O. The first kappa shape index (κ1) is 9.95. The molecule has 3 nitrogen and oxygen atoms in total. The van der Waals surface area contributed by atoms with Gasteiger partial charge in [-0.05, 0) is 12.1 Å². The SMILES string of the molecule is COc1cccc(F)c1[C@H](N)CN. The third-order valence-electron chi connectivity index (χ3n) is 1.86. The Hall–Kier alpha value is -1.13. The largest absolute Gasteiger partial charge is 0.496 e. The number of methoxy groups -OCH3 is 1. The summed E-state index contributed by atoms with van der Waals surface area (Å²) in [7, 11) is 1.47. The number of hydrogen-bond acceptors (Lipinski definition) is 3. The molecule has 0 aromatic heterocycles. The van der Waals surface area contributed by atoms with Crippen LogP contribution in [0.2, 0.25) is 0 Å². The zero-order valence-corrected chi connectivity index (χ0v) is 7.46. The number of rotatable bonds is 3. The fourth-order valence-electron chi connectivity index (χ4n) is 1.17. The van der Waals surface area contributed by atoms with E-state index in [1.165, 1.54) is 13.2 Å². The van der Waals surface area contributed by atoms with Crippen LogP contribution in [0.25, 0.3) is 0 Å². The third kappa shape index (κ3) is 1.96. The molecular weight excluding hydrogens is 171 g/mol. The second-order valence-corrected chi connectivity index (χ2v) is 2.70. The maximum absolute atomic E-state index is 13.3. The van der Waals surface area contributed by atoms with Crippen molar-refractivity contribution in [2.75, 3.05) is 13.7 Å². The van der Waals surface area contributed by atoms with Gasteiger partial charge in [-0.1, -0.05) is 6.07 Å². The number of nitrogens with two attached hydrogens (primary N) is 2. The molecule has 13 heavy (non-hydrogen) atoms. The Labute approximate surface area is 76.5 Å². The summed E-state index contributed by atoms with van der Waals surface area (Å²) in [6, 6.07) is 4.05. The molecule has 0 saturated heterocycles. The fourth-order valence-corrected chi connectivity index (χ4v) is 1.17. The minimum absolute atomic E-state index is 0.192. The molecule has 0 unspecified atom stereocenters. The zero-order chi connectivity index (χ0) is 9.84. The Morgan fingerprint density at radius 3 is 2.77 bits per heavy atom. The molecule has 1 atom stereocenters. The molecule has 4 N–H and O–H groups in total. The predicted molar refractivity (Wildman–Crippen MR) is 48.9 cm³/mol. The molecule has 0 aliphatic carbocycles. The summed E-state index contributed by atoms with van der Waals surface area (Å²) >= 11 is 0. The van der Waals surface area contributed by atoms with Crippen LogP contribution in [0.5, 0.6) is 5.75 Å². The summed E-state index contributed by atoms with van der Waals surface area (Å²) in [5, 5.41) is 0. The Morgan fingerprint density at radius 1 is 1.54 bits per heavy atom. The summed E-state index contributed by atoms with van der Waals surface area (Å²) in [6.07, 6.45) is 0. The number of hydrogen-bond donors (Lipinski definition) is 2. The molecule has 0 saturated carbocycles. The molecule has 0 aliphatic heterocycles. The van der Waals surface area contributed by atoms with E-state index in [9.17, 15) is 4.39 Å². The lowest BCUT2D eigenvalue weighted by molar-refractivity contribution is 0.399. The van der Waals surface area contributed by atoms with Gasteiger partial charge in [0.15, 0.2) is 0 Å². The summed E-state index contributed by atoms with van der Waals surface area (Å²) < 4.78 is 18.2. The van der Waals surface area contributed by atoms with Gasteiger partial charge in [-0.2, -0.15) is 0 Å². The number of benzene rings is 1. The molecule has 0 aliphatic rings. The van der Waals surface area contributed by atoms with E-state index in [1.807, 2.05) is 0 Å². The number of halogens is 1. The van der Waals surface area contributed by atoms with Crippen LogP contribution < -0.4 is 16.2 Å². The highest BCUT2D eigenvalue weighted by Crippen LogP contribution is 2.25. The standard InChI is InChI=1S/C9H13FN2O/c1-13-8-4-2-3-6(10)9(8)7(12)5-11/h2-4,7H,5,11-12H2,1H3/t7-/m1/s1. The average molecular weight is 184 g/mol. The second-order valence-electron chi connectivity index (χ2n) is 2.70. The number of ether oxygens (including phenoxy) is 1. The van der Waals surface area contributed by atoms with Crippen molar-refractivity contribution in [2.45, 2.75) is 6.04 Å². The highest BCUT2D eigenvalue weighted by atomic mass is 19.1. The van der Waals surface area contributed by atoms with Crippen molar-refractivity contribution in [1.82, 2.24) is 0 Å². The zero-order valence-electron chi connectivity index (χ0n) is 7.46. The van der Waals surface area contributed by atoms with E-state index in [0.717, 1.165) is 0 Å². The van der Waals surface area contributed by atoms with E-state index in [1.54, 1.807) is 12.1 Å². The van der Waals surface area contributed by atoms with Gasteiger partial charge in [-0.3, -0.25) is 0 Å². The molecule has 1 aromatic rings. The second kappa shape index (κ2) is 4.20. The molecule has 72 valence electrons. The van der Waals surface area contributed by atoms with Gasteiger partial charge >= 0.3 is 0 Å². The first-order valence-electron chi connectivity index (χ1n) is 3.98. The van der Waals surface area contributed by atoms with Crippen molar-refractivity contribution in [1.29, 1.82) is 0 Å². The molecule has 1 aromatic carbocycles. The van der Waals surface area contributed by atoms with E-state index in [-0.39, 0.29) is 12.4 Å². The minimum Gasteiger partial charge on any atom is -0.496 e. The molecule has 4 heteroatoms. The summed E-state index contributed by atoms with van der Waals surface area (Å²) in [5.41, 5.74) is 11.3. The van der Waals surface area contributed by atoms with Crippen LogP contribution >= 0.6 is 0 Å². The fraction of sp³-hybridized carbons (Fsp3) is 0.333. The smallest absolute Gasteiger partial charge is 0.131 e. The van der Waals surface area contributed by atoms with Gasteiger partial charge in [-0.15, -0.1) is 0 Å². The van der Waals surface area contributed by atoms with Crippen LogP contribution in [0.15, 0.2) is 18.2 Å². The highest BCUT2D eigenvalue weighted by Gasteiger charge is 2.14. The Kier molecular flexibility index (Phi) is 3.22. The van der Waals surface area contributed by atoms with Gasteiger partial charge in [0, 0.05) is 18.2 Å². The normalized spacial score (nSPS) is 12.6. The monoisotopic (exact) mass is 184 g/mol. The molecule has 0 fully saturated rings. The van der Waals surface area contributed by atoms with Gasteiger partial charge in [0.25, 0.3) is 0 Å². The minimum atomic E-state index is -0.517. The van der Waals surface area contributed by atoms with E-state index in [0.29, 0.717) is 11.3 Å². The van der Waals surface area contributed by atoms with Crippen LogP contribution in [-0.2, 0) is 0 Å². The maximum atomic E-state index is 13.3. The first-order valence-corrected chi connectivity index (χ1v) is 3.98. The average Bonchev–Trinajstić information content (AvgIpc) is 2.16. The Morgan fingerprint density at radius 2 is 2.23 bits per heavy atom. The van der Waals surface area contributed by atoms with Crippen LogP contribution in [0.3, 0.4) is 0 Å². The van der Waals surface area contributed by atoms with E-state index in [2.05, 4.69) is 0 Å². The third-order valence-corrected chi connectivity index (χ3v) is 1.86. The van der Waals surface area contributed by atoms with Crippen LogP contribution in [0, 0.1) is 5.82 Å². The van der Waals surface area contributed by atoms with E-state index >= 15 is 0 Å².